The molecule has 0 aliphatic carbocycles. The molecule has 1 aromatic heterocycles. The van der Waals surface area contributed by atoms with Crippen LogP contribution in [0.1, 0.15) is 30.4 Å². The molecule has 1 atom stereocenters. The minimum atomic E-state index is -0.747. The second-order valence-electron chi connectivity index (χ2n) is 7.12. The van der Waals surface area contributed by atoms with Crippen LogP contribution >= 0.6 is 0 Å². The summed E-state index contributed by atoms with van der Waals surface area (Å²) in [5.74, 6) is -0.385. The Morgan fingerprint density at radius 1 is 1.28 bits per heavy atom. The number of nitrogen functional groups attached to an aromatic ring is 1. The van der Waals surface area contributed by atoms with E-state index in [9.17, 15) is 9.59 Å². The first kappa shape index (κ1) is 19.1. The van der Waals surface area contributed by atoms with E-state index in [1.807, 2.05) is 29.2 Å². The van der Waals surface area contributed by atoms with Crippen LogP contribution in [0.5, 0.6) is 0 Å². The van der Waals surface area contributed by atoms with Gasteiger partial charge >= 0.3 is 0 Å². The van der Waals surface area contributed by atoms with Crippen molar-refractivity contribution in [1.29, 1.82) is 0 Å². The summed E-state index contributed by atoms with van der Waals surface area (Å²) in [7, 11) is 0. The molecule has 2 amide bonds. The number of nitrogens with one attached hydrogen (secondary N) is 2. The quantitative estimate of drug-likeness (QED) is 0.716. The monoisotopic (exact) mass is 396 g/mol. The van der Waals surface area contributed by atoms with Crippen LogP contribution in [0, 0.1) is 0 Å². The van der Waals surface area contributed by atoms with Gasteiger partial charge in [0.1, 0.15) is 11.6 Å². The van der Waals surface area contributed by atoms with Crippen molar-refractivity contribution in [3.8, 4) is 0 Å². The Morgan fingerprint density at radius 2 is 2.00 bits per heavy atom. The maximum atomic E-state index is 12.9. The Kier molecular flexibility index (Phi) is 5.30. The van der Waals surface area contributed by atoms with Crippen molar-refractivity contribution in [2.75, 3.05) is 47.6 Å². The van der Waals surface area contributed by atoms with E-state index in [1.54, 1.807) is 0 Å². The van der Waals surface area contributed by atoms with Gasteiger partial charge in [-0.3, -0.25) is 9.59 Å². The molecule has 152 valence electrons. The number of benzene rings is 1. The maximum Gasteiger partial charge on any atom is 0.232 e. The number of amides is 2. The molecule has 0 bridgehead atoms. The van der Waals surface area contributed by atoms with Gasteiger partial charge in [-0.05, 0) is 24.1 Å². The van der Waals surface area contributed by atoms with Crippen molar-refractivity contribution < 1.29 is 14.3 Å². The molecule has 0 radical (unpaired) electrons. The van der Waals surface area contributed by atoms with Crippen LogP contribution in [0.15, 0.2) is 24.3 Å². The smallest absolute Gasteiger partial charge is 0.232 e. The highest BCUT2D eigenvalue weighted by molar-refractivity contribution is 6.05. The largest absolute Gasteiger partial charge is 0.383 e. The lowest BCUT2D eigenvalue weighted by Crippen LogP contribution is -2.38. The van der Waals surface area contributed by atoms with Crippen LogP contribution in [0.2, 0.25) is 0 Å². The van der Waals surface area contributed by atoms with Gasteiger partial charge in [0.25, 0.3) is 0 Å². The molecule has 0 unspecified atom stereocenters. The number of nitrogens with zero attached hydrogens (tertiary/aromatic N) is 3. The lowest BCUT2D eigenvalue weighted by atomic mass is 9.92. The number of fused-ring (bicyclic) bond motifs is 1. The van der Waals surface area contributed by atoms with E-state index in [1.165, 1.54) is 5.56 Å². The molecule has 1 aromatic carbocycles. The summed E-state index contributed by atoms with van der Waals surface area (Å²) < 4.78 is 5.35. The zero-order chi connectivity index (χ0) is 20.4. The summed E-state index contributed by atoms with van der Waals surface area (Å²) in [5.41, 5.74) is 8.53. The van der Waals surface area contributed by atoms with Gasteiger partial charge in [0.15, 0.2) is 0 Å². The van der Waals surface area contributed by atoms with Crippen molar-refractivity contribution >= 4 is 35.1 Å². The zero-order valence-corrected chi connectivity index (χ0v) is 16.3. The average molecular weight is 396 g/mol. The van der Waals surface area contributed by atoms with Crippen LogP contribution in [-0.2, 0) is 20.7 Å². The number of aryl methyl sites for hydroxylation is 1. The number of anilines is 4. The first-order valence-electron chi connectivity index (χ1n) is 9.75. The zero-order valence-electron chi connectivity index (χ0n) is 16.3. The molecule has 9 heteroatoms. The molecular weight excluding hydrogens is 372 g/mol. The highest BCUT2D eigenvalue weighted by atomic mass is 16.5. The summed E-state index contributed by atoms with van der Waals surface area (Å²) in [6.45, 7) is 4.51. The van der Waals surface area contributed by atoms with Crippen LogP contribution < -0.4 is 21.3 Å². The van der Waals surface area contributed by atoms with Gasteiger partial charge in [0.2, 0.25) is 17.8 Å². The van der Waals surface area contributed by atoms with Crippen molar-refractivity contribution in [2.45, 2.75) is 25.7 Å². The molecule has 0 saturated carbocycles. The molecule has 4 N–H and O–H groups in total. The molecule has 2 aliphatic rings. The standard InChI is InChI=1S/C20H24N6O3/c1-2-12-3-5-13(6-4-12)22-19(28)14-11-15(27)23-18-16(14)17(21)24-20(25-18)26-7-9-29-10-8-26/h3-6,14H,2,7-11H2,1H3,(H,22,28)(H3,21,23,24,25,27)/t14-/m1/s1. The third-order valence-corrected chi connectivity index (χ3v) is 5.20. The lowest BCUT2D eigenvalue weighted by Gasteiger charge is -2.30. The second kappa shape index (κ2) is 8.04. The first-order chi connectivity index (χ1) is 14.0. The summed E-state index contributed by atoms with van der Waals surface area (Å²) in [6.07, 6.45) is 0.917. The second-order valence-corrected chi connectivity index (χ2v) is 7.12. The summed E-state index contributed by atoms with van der Waals surface area (Å²) in [5, 5.41) is 5.61. The van der Waals surface area contributed by atoms with E-state index in [0.717, 1.165) is 6.42 Å². The minimum absolute atomic E-state index is 0.00363. The minimum Gasteiger partial charge on any atom is -0.383 e. The van der Waals surface area contributed by atoms with E-state index in [-0.39, 0.29) is 24.1 Å². The summed E-state index contributed by atoms with van der Waals surface area (Å²) in [4.78, 5) is 36.0. The first-order valence-corrected chi connectivity index (χ1v) is 9.75. The van der Waals surface area contributed by atoms with E-state index in [4.69, 9.17) is 10.5 Å². The number of hydrogen-bond acceptors (Lipinski definition) is 7. The fourth-order valence-electron chi connectivity index (χ4n) is 3.57. The highest BCUT2D eigenvalue weighted by Gasteiger charge is 2.35. The predicted molar refractivity (Wildman–Crippen MR) is 110 cm³/mol. The highest BCUT2D eigenvalue weighted by Crippen LogP contribution is 2.36. The number of morpholine rings is 1. The molecule has 2 aromatic rings. The Morgan fingerprint density at radius 3 is 2.69 bits per heavy atom. The number of rotatable bonds is 4. The summed E-state index contributed by atoms with van der Waals surface area (Å²) >= 11 is 0. The van der Waals surface area contributed by atoms with Gasteiger partial charge in [0.05, 0.1) is 24.7 Å². The third-order valence-electron chi connectivity index (χ3n) is 5.20. The van der Waals surface area contributed by atoms with Crippen molar-refractivity contribution in [3.63, 3.8) is 0 Å². The molecule has 3 heterocycles. The van der Waals surface area contributed by atoms with Crippen LogP contribution in [-0.4, -0.2) is 48.1 Å². The van der Waals surface area contributed by atoms with Crippen molar-refractivity contribution in [2.24, 2.45) is 0 Å². The van der Waals surface area contributed by atoms with Crippen LogP contribution in [0.3, 0.4) is 0 Å². The fourth-order valence-corrected chi connectivity index (χ4v) is 3.57. The molecular formula is C20H24N6O3. The van der Waals surface area contributed by atoms with E-state index < -0.39 is 5.92 Å². The predicted octanol–water partition coefficient (Wildman–Crippen LogP) is 1.52. The van der Waals surface area contributed by atoms with Crippen LogP contribution in [0.4, 0.5) is 23.3 Å². The van der Waals surface area contributed by atoms with Gasteiger partial charge in [-0.25, -0.2) is 0 Å². The summed E-state index contributed by atoms with van der Waals surface area (Å²) in [6, 6.07) is 7.62. The van der Waals surface area contributed by atoms with Gasteiger partial charge in [-0.15, -0.1) is 0 Å². The Bertz CT molecular complexity index is 925. The topological polar surface area (TPSA) is 122 Å². The van der Waals surface area contributed by atoms with Gasteiger partial charge < -0.3 is 26.0 Å². The average Bonchev–Trinajstić information content (AvgIpc) is 2.74. The number of nitrogens with two attached hydrogens (primary N) is 1. The number of carbonyl (C=O) groups is 2. The molecule has 1 saturated heterocycles. The van der Waals surface area contributed by atoms with Crippen molar-refractivity contribution in [1.82, 2.24) is 9.97 Å². The maximum absolute atomic E-state index is 12.9. The van der Waals surface area contributed by atoms with E-state index in [2.05, 4.69) is 27.5 Å². The van der Waals surface area contributed by atoms with Gasteiger partial charge in [0, 0.05) is 25.2 Å². The van der Waals surface area contributed by atoms with E-state index in [0.29, 0.717) is 49.3 Å². The number of ether oxygens (including phenoxy) is 1. The third kappa shape index (κ3) is 4.00. The van der Waals surface area contributed by atoms with Gasteiger partial charge in [-0.2, -0.15) is 9.97 Å². The molecule has 1 fully saturated rings. The molecule has 0 spiro atoms. The molecule has 4 rings (SSSR count). The number of hydrogen-bond donors (Lipinski definition) is 3. The van der Waals surface area contributed by atoms with Gasteiger partial charge in [-0.1, -0.05) is 19.1 Å². The Labute approximate surface area is 168 Å². The molecule has 9 nitrogen and oxygen atoms in total. The fraction of sp³-hybridized carbons (Fsp3) is 0.400. The van der Waals surface area contributed by atoms with Crippen molar-refractivity contribution in [3.05, 3.63) is 35.4 Å². The molecule has 2 aliphatic heterocycles. The number of aromatic nitrogens is 2. The Balaban J connectivity index is 1.60. The van der Waals surface area contributed by atoms with Crippen LogP contribution in [0.25, 0.3) is 0 Å². The van der Waals surface area contributed by atoms with E-state index >= 15 is 0 Å². The number of carbonyl (C=O) groups excluding carboxylic acids is 2. The Hall–Kier alpha value is -3.20. The molecule has 29 heavy (non-hydrogen) atoms. The normalized spacial score (nSPS) is 18.7. The lowest BCUT2D eigenvalue weighted by molar-refractivity contribution is -0.123. The SMILES string of the molecule is CCc1ccc(NC(=O)[C@@H]2CC(=O)Nc3nc(N4CCOCC4)nc(N)c32)cc1.